The molecule has 4 rings (SSSR count). The topological polar surface area (TPSA) is 75.5 Å². The van der Waals surface area contributed by atoms with Gasteiger partial charge in [0.25, 0.3) is 11.8 Å². The molecule has 0 bridgehead atoms. The molecule has 2 heterocycles. The van der Waals surface area contributed by atoms with Crippen molar-refractivity contribution in [1.29, 1.82) is 0 Å². The number of hydrogen-bond donors (Lipinski definition) is 2. The molecule has 30 heavy (non-hydrogen) atoms. The number of pyridine rings is 1. The Balaban J connectivity index is 1.70. The first-order chi connectivity index (χ1) is 14.4. The van der Waals surface area contributed by atoms with E-state index >= 15 is 0 Å². The highest BCUT2D eigenvalue weighted by Crippen LogP contribution is 2.22. The molecular formula is C24H22N4O2. The van der Waals surface area contributed by atoms with Gasteiger partial charge in [0.1, 0.15) is 0 Å². The number of para-hydroxylation sites is 1. The van der Waals surface area contributed by atoms with Gasteiger partial charge < -0.3 is 10.6 Å². The molecule has 0 fully saturated rings. The Bertz CT molecular complexity index is 1250. The number of benzene rings is 2. The summed E-state index contributed by atoms with van der Waals surface area (Å²) in [5.41, 5.74) is 5.16. The molecule has 0 atom stereocenters. The summed E-state index contributed by atoms with van der Waals surface area (Å²) in [7, 11) is 0. The average Bonchev–Trinajstić information content (AvgIpc) is 3.11. The van der Waals surface area contributed by atoms with Crippen LogP contribution in [0.2, 0.25) is 0 Å². The number of nitrogens with one attached hydrogen (secondary N) is 2. The quantitative estimate of drug-likeness (QED) is 0.520. The Hall–Kier alpha value is -3.93. The molecule has 150 valence electrons. The number of hydrogen-bond acceptors (Lipinski definition) is 3. The SMILES string of the molecule is Cc1cccc(NC(=O)c2nc(C(=O)Nc3c(C)cccc3C)c3ccccn23)c1. The first kappa shape index (κ1) is 19.4. The molecule has 0 aliphatic carbocycles. The second-order valence-corrected chi connectivity index (χ2v) is 7.28. The fourth-order valence-corrected chi connectivity index (χ4v) is 3.46. The van der Waals surface area contributed by atoms with Crippen molar-refractivity contribution < 1.29 is 9.59 Å². The van der Waals surface area contributed by atoms with Gasteiger partial charge in [0.05, 0.1) is 5.52 Å². The van der Waals surface area contributed by atoms with Crippen LogP contribution in [-0.2, 0) is 0 Å². The number of imidazole rings is 1. The molecule has 6 heteroatoms. The zero-order valence-electron chi connectivity index (χ0n) is 17.1. The van der Waals surface area contributed by atoms with Gasteiger partial charge in [-0.3, -0.25) is 14.0 Å². The fraction of sp³-hybridized carbons (Fsp3) is 0.125. The summed E-state index contributed by atoms with van der Waals surface area (Å²) in [5.74, 6) is -0.586. The van der Waals surface area contributed by atoms with Gasteiger partial charge in [-0.2, -0.15) is 0 Å². The first-order valence-corrected chi connectivity index (χ1v) is 9.66. The zero-order chi connectivity index (χ0) is 21.3. The van der Waals surface area contributed by atoms with Gasteiger partial charge in [0, 0.05) is 17.6 Å². The molecule has 2 N–H and O–H groups in total. The molecule has 0 unspecified atom stereocenters. The number of aromatic nitrogens is 2. The minimum Gasteiger partial charge on any atom is -0.320 e. The molecule has 4 aromatic rings. The molecule has 0 aliphatic rings. The normalized spacial score (nSPS) is 10.8. The van der Waals surface area contributed by atoms with E-state index in [1.54, 1.807) is 22.7 Å². The van der Waals surface area contributed by atoms with E-state index in [1.165, 1.54) is 0 Å². The number of fused-ring (bicyclic) bond motifs is 1. The van der Waals surface area contributed by atoms with Crippen LogP contribution in [0.4, 0.5) is 11.4 Å². The third kappa shape index (κ3) is 3.67. The van der Waals surface area contributed by atoms with Crippen LogP contribution in [0.25, 0.3) is 5.52 Å². The van der Waals surface area contributed by atoms with Gasteiger partial charge >= 0.3 is 0 Å². The monoisotopic (exact) mass is 398 g/mol. The predicted octanol–water partition coefficient (Wildman–Crippen LogP) is 4.76. The highest BCUT2D eigenvalue weighted by atomic mass is 16.2. The minimum atomic E-state index is -0.382. The third-order valence-corrected chi connectivity index (χ3v) is 4.96. The number of rotatable bonds is 4. The smallest absolute Gasteiger partial charge is 0.292 e. The lowest BCUT2D eigenvalue weighted by atomic mass is 10.1. The molecule has 0 radical (unpaired) electrons. The fourth-order valence-electron chi connectivity index (χ4n) is 3.46. The van der Waals surface area contributed by atoms with Crippen LogP contribution < -0.4 is 10.6 Å². The molecule has 6 nitrogen and oxygen atoms in total. The van der Waals surface area contributed by atoms with Gasteiger partial charge in [-0.1, -0.05) is 36.4 Å². The van der Waals surface area contributed by atoms with E-state index in [2.05, 4.69) is 15.6 Å². The van der Waals surface area contributed by atoms with E-state index in [-0.39, 0.29) is 23.3 Å². The molecule has 0 saturated carbocycles. The van der Waals surface area contributed by atoms with Crippen molar-refractivity contribution in [3.63, 3.8) is 0 Å². The van der Waals surface area contributed by atoms with E-state index in [9.17, 15) is 9.59 Å². The van der Waals surface area contributed by atoms with Crippen LogP contribution in [0, 0.1) is 20.8 Å². The largest absolute Gasteiger partial charge is 0.320 e. The van der Waals surface area contributed by atoms with Crippen LogP contribution >= 0.6 is 0 Å². The Morgan fingerprint density at radius 3 is 2.30 bits per heavy atom. The molecule has 2 aromatic heterocycles. The van der Waals surface area contributed by atoms with E-state index in [4.69, 9.17) is 0 Å². The minimum absolute atomic E-state index is 0.152. The van der Waals surface area contributed by atoms with Crippen LogP contribution in [-0.4, -0.2) is 21.2 Å². The Morgan fingerprint density at radius 2 is 1.57 bits per heavy atom. The van der Waals surface area contributed by atoms with Crippen molar-refractivity contribution in [1.82, 2.24) is 9.38 Å². The van der Waals surface area contributed by atoms with Crippen molar-refractivity contribution >= 4 is 28.7 Å². The number of carbonyl (C=O) groups excluding carboxylic acids is 2. The number of amides is 2. The summed E-state index contributed by atoms with van der Waals surface area (Å²) in [6, 6.07) is 18.7. The zero-order valence-corrected chi connectivity index (χ0v) is 17.1. The van der Waals surface area contributed by atoms with E-state index in [0.29, 0.717) is 11.2 Å². The van der Waals surface area contributed by atoms with Gasteiger partial charge in [0.2, 0.25) is 5.82 Å². The number of carbonyl (C=O) groups is 2. The van der Waals surface area contributed by atoms with Crippen LogP contribution in [0.3, 0.4) is 0 Å². The molecule has 0 saturated heterocycles. The summed E-state index contributed by atoms with van der Waals surface area (Å²) in [5, 5.41) is 5.81. The third-order valence-electron chi connectivity index (χ3n) is 4.96. The molecular weight excluding hydrogens is 376 g/mol. The van der Waals surface area contributed by atoms with Crippen molar-refractivity contribution in [2.24, 2.45) is 0 Å². The Kier molecular flexibility index (Phi) is 5.06. The van der Waals surface area contributed by atoms with Crippen LogP contribution in [0.5, 0.6) is 0 Å². The lowest BCUT2D eigenvalue weighted by Crippen LogP contribution is -2.17. The number of aryl methyl sites for hydroxylation is 3. The van der Waals surface area contributed by atoms with Crippen molar-refractivity contribution in [3.05, 3.63) is 95.1 Å². The predicted molar refractivity (Wildman–Crippen MR) is 118 cm³/mol. The summed E-state index contributed by atoms with van der Waals surface area (Å²) in [6.45, 7) is 5.83. The van der Waals surface area contributed by atoms with Crippen LogP contribution in [0.1, 0.15) is 37.8 Å². The van der Waals surface area contributed by atoms with Gasteiger partial charge in [-0.25, -0.2) is 4.98 Å². The second kappa shape index (κ2) is 7.83. The standard InChI is InChI=1S/C24H22N4O2/c1-15-8-6-11-18(14-15)25-24(30)22-26-21(19-12-4-5-13-28(19)22)23(29)27-20-16(2)9-7-10-17(20)3/h4-14H,1-3H3,(H,25,30)(H,27,29). The lowest BCUT2D eigenvalue weighted by molar-refractivity contribution is 0.101. The molecule has 2 aromatic carbocycles. The maximum absolute atomic E-state index is 13.1. The van der Waals surface area contributed by atoms with E-state index < -0.39 is 0 Å². The Morgan fingerprint density at radius 1 is 0.833 bits per heavy atom. The maximum atomic E-state index is 13.1. The first-order valence-electron chi connectivity index (χ1n) is 9.66. The average molecular weight is 398 g/mol. The van der Waals surface area contributed by atoms with E-state index in [0.717, 1.165) is 22.4 Å². The summed E-state index contributed by atoms with van der Waals surface area (Å²) < 4.78 is 1.63. The highest BCUT2D eigenvalue weighted by Gasteiger charge is 2.22. The lowest BCUT2D eigenvalue weighted by Gasteiger charge is -2.10. The van der Waals surface area contributed by atoms with Crippen LogP contribution in [0.15, 0.2) is 66.9 Å². The van der Waals surface area contributed by atoms with Crippen molar-refractivity contribution in [2.45, 2.75) is 20.8 Å². The summed E-state index contributed by atoms with van der Waals surface area (Å²) >= 11 is 0. The summed E-state index contributed by atoms with van der Waals surface area (Å²) in [4.78, 5) is 30.4. The van der Waals surface area contributed by atoms with Crippen molar-refractivity contribution in [3.8, 4) is 0 Å². The van der Waals surface area contributed by atoms with Gasteiger partial charge in [-0.05, 0) is 61.7 Å². The summed E-state index contributed by atoms with van der Waals surface area (Å²) in [6.07, 6.45) is 1.73. The highest BCUT2D eigenvalue weighted by molar-refractivity contribution is 6.10. The molecule has 2 amide bonds. The van der Waals surface area contributed by atoms with Gasteiger partial charge in [-0.15, -0.1) is 0 Å². The molecule has 0 aliphatic heterocycles. The number of anilines is 2. The maximum Gasteiger partial charge on any atom is 0.292 e. The van der Waals surface area contributed by atoms with Crippen molar-refractivity contribution in [2.75, 3.05) is 10.6 Å². The number of nitrogens with zero attached hydrogens (tertiary/aromatic N) is 2. The molecule has 0 spiro atoms. The van der Waals surface area contributed by atoms with Gasteiger partial charge in [0.15, 0.2) is 5.69 Å². The second-order valence-electron chi connectivity index (χ2n) is 7.28. The van der Waals surface area contributed by atoms with E-state index in [1.807, 2.05) is 69.3 Å². The Labute approximate surface area is 174 Å².